The molecule has 2 amide bonds. The summed E-state index contributed by atoms with van der Waals surface area (Å²) in [6.07, 6.45) is 6.89. The molecule has 1 fully saturated rings. The van der Waals surface area contributed by atoms with Gasteiger partial charge in [0.1, 0.15) is 11.8 Å². The van der Waals surface area contributed by atoms with Crippen molar-refractivity contribution in [2.75, 3.05) is 38.2 Å². The van der Waals surface area contributed by atoms with E-state index in [0.29, 0.717) is 30.3 Å². The molecule has 0 unspecified atom stereocenters. The van der Waals surface area contributed by atoms with E-state index >= 15 is 0 Å². The Bertz CT molecular complexity index is 959. The van der Waals surface area contributed by atoms with Crippen LogP contribution in [-0.4, -0.2) is 71.0 Å². The molecule has 0 saturated carbocycles. The van der Waals surface area contributed by atoms with Crippen LogP contribution in [0.5, 0.6) is 5.75 Å². The van der Waals surface area contributed by atoms with E-state index in [1.807, 2.05) is 11.2 Å². The minimum atomic E-state index is -0.562. The first-order valence-electron chi connectivity index (χ1n) is 11.2. The van der Waals surface area contributed by atoms with Crippen LogP contribution in [0.3, 0.4) is 0 Å². The molecule has 1 aromatic carbocycles. The molecule has 4 rings (SSSR count). The summed E-state index contributed by atoms with van der Waals surface area (Å²) < 4.78 is 5.54. The van der Waals surface area contributed by atoms with Crippen molar-refractivity contribution < 1.29 is 14.3 Å². The number of imidazole rings is 1. The SMILES string of the molecule is CSCC[C@H](NC(=O)COc1ccc(Cl)cc1)C(=O)N1CCC2(CC1)NCCc1[nH]cnc12. The Balaban J connectivity index is 1.34. The summed E-state index contributed by atoms with van der Waals surface area (Å²) in [7, 11) is 0. The summed E-state index contributed by atoms with van der Waals surface area (Å²) in [4.78, 5) is 35.5. The Morgan fingerprint density at radius 3 is 2.79 bits per heavy atom. The minimum Gasteiger partial charge on any atom is -0.484 e. The fraction of sp³-hybridized carbons (Fsp3) is 0.522. The number of amides is 2. The fourth-order valence-electron chi connectivity index (χ4n) is 4.59. The molecule has 2 aliphatic rings. The van der Waals surface area contributed by atoms with Crippen molar-refractivity contribution >= 4 is 35.2 Å². The van der Waals surface area contributed by atoms with Gasteiger partial charge in [0.25, 0.3) is 5.91 Å². The zero-order valence-electron chi connectivity index (χ0n) is 18.7. The largest absolute Gasteiger partial charge is 0.484 e. The van der Waals surface area contributed by atoms with E-state index < -0.39 is 6.04 Å². The van der Waals surface area contributed by atoms with Crippen molar-refractivity contribution in [3.8, 4) is 5.75 Å². The second-order valence-electron chi connectivity index (χ2n) is 8.46. The molecule has 0 aliphatic carbocycles. The number of carbonyl (C=O) groups excluding carboxylic acids is 2. The molecule has 178 valence electrons. The summed E-state index contributed by atoms with van der Waals surface area (Å²) >= 11 is 7.54. The number of benzene rings is 1. The summed E-state index contributed by atoms with van der Waals surface area (Å²) in [6.45, 7) is 2.01. The van der Waals surface area contributed by atoms with Gasteiger partial charge in [-0.2, -0.15) is 11.8 Å². The number of piperidine rings is 1. The summed E-state index contributed by atoms with van der Waals surface area (Å²) in [6, 6.07) is 6.26. The predicted molar refractivity (Wildman–Crippen MR) is 130 cm³/mol. The molecule has 2 aliphatic heterocycles. The van der Waals surface area contributed by atoms with E-state index in [1.54, 1.807) is 42.4 Å². The monoisotopic (exact) mass is 491 g/mol. The Morgan fingerprint density at radius 2 is 2.06 bits per heavy atom. The highest BCUT2D eigenvalue weighted by atomic mass is 35.5. The van der Waals surface area contributed by atoms with Gasteiger partial charge in [0.15, 0.2) is 6.61 Å². The molecule has 2 aromatic rings. The fourth-order valence-corrected chi connectivity index (χ4v) is 5.18. The van der Waals surface area contributed by atoms with Crippen molar-refractivity contribution in [3.05, 3.63) is 47.0 Å². The van der Waals surface area contributed by atoms with Crippen molar-refractivity contribution in [2.45, 2.75) is 37.3 Å². The topological polar surface area (TPSA) is 99.4 Å². The quantitative estimate of drug-likeness (QED) is 0.524. The Morgan fingerprint density at radius 1 is 1.30 bits per heavy atom. The molecule has 1 aromatic heterocycles. The zero-order chi connectivity index (χ0) is 23.3. The van der Waals surface area contributed by atoms with Crippen LogP contribution in [0.4, 0.5) is 0 Å². The van der Waals surface area contributed by atoms with Crippen molar-refractivity contribution in [1.82, 2.24) is 25.5 Å². The van der Waals surface area contributed by atoms with Gasteiger partial charge in [-0.15, -0.1) is 0 Å². The third kappa shape index (κ3) is 5.65. The van der Waals surface area contributed by atoms with Gasteiger partial charge in [-0.25, -0.2) is 4.98 Å². The molecule has 1 saturated heterocycles. The van der Waals surface area contributed by atoms with Crippen molar-refractivity contribution in [2.24, 2.45) is 0 Å². The van der Waals surface area contributed by atoms with E-state index in [4.69, 9.17) is 16.3 Å². The Labute approximate surface area is 203 Å². The van der Waals surface area contributed by atoms with Crippen molar-refractivity contribution in [1.29, 1.82) is 0 Å². The van der Waals surface area contributed by atoms with Gasteiger partial charge in [0.2, 0.25) is 5.91 Å². The van der Waals surface area contributed by atoms with E-state index in [-0.39, 0.29) is 24.0 Å². The number of halogens is 1. The highest BCUT2D eigenvalue weighted by Crippen LogP contribution is 2.36. The average molecular weight is 492 g/mol. The molecular formula is C23H30ClN5O3S. The maximum Gasteiger partial charge on any atom is 0.258 e. The normalized spacial score (nSPS) is 17.9. The van der Waals surface area contributed by atoms with Crippen LogP contribution >= 0.6 is 23.4 Å². The molecule has 10 heteroatoms. The summed E-state index contributed by atoms with van der Waals surface area (Å²) in [5, 5.41) is 7.14. The van der Waals surface area contributed by atoms with Crippen LogP contribution in [-0.2, 0) is 21.5 Å². The van der Waals surface area contributed by atoms with E-state index in [2.05, 4.69) is 20.6 Å². The smallest absolute Gasteiger partial charge is 0.258 e. The van der Waals surface area contributed by atoms with E-state index in [0.717, 1.165) is 37.3 Å². The molecule has 8 nitrogen and oxygen atoms in total. The molecule has 3 N–H and O–H groups in total. The molecule has 0 radical (unpaired) electrons. The number of hydrogen-bond acceptors (Lipinski definition) is 6. The molecule has 33 heavy (non-hydrogen) atoms. The Kier molecular flexibility index (Phi) is 7.82. The number of fused-ring (bicyclic) bond motifs is 2. The molecular weight excluding hydrogens is 462 g/mol. The zero-order valence-corrected chi connectivity index (χ0v) is 20.3. The first kappa shape index (κ1) is 23.9. The molecule has 1 atom stereocenters. The minimum absolute atomic E-state index is 0.0307. The van der Waals surface area contributed by atoms with Crippen LogP contribution in [0.2, 0.25) is 5.02 Å². The standard InChI is InChI=1S/C23H30ClN5O3S/c1-33-13-7-19(28-20(30)14-32-17-4-2-16(24)3-5-17)22(31)29-11-8-23(9-12-29)21-18(6-10-27-23)25-15-26-21/h2-5,15,19,27H,6-14H2,1H3,(H,25,26)(H,28,30)/t19-/m0/s1. The number of likely N-dealkylation sites (tertiary alicyclic amines) is 1. The maximum atomic E-state index is 13.3. The second-order valence-corrected chi connectivity index (χ2v) is 9.88. The first-order chi connectivity index (χ1) is 16.0. The number of thioether (sulfide) groups is 1. The van der Waals surface area contributed by atoms with Crippen LogP contribution < -0.4 is 15.4 Å². The summed E-state index contributed by atoms with van der Waals surface area (Å²) in [5.41, 5.74) is 2.11. The lowest BCUT2D eigenvalue weighted by atomic mass is 9.80. The number of carbonyl (C=O) groups is 2. The average Bonchev–Trinajstić information content (AvgIpc) is 3.32. The highest BCUT2D eigenvalue weighted by molar-refractivity contribution is 7.98. The first-order valence-corrected chi connectivity index (χ1v) is 13.0. The van der Waals surface area contributed by atoms with Gasteiger partial charge in [0, 0.05) is 36.8 Å². The lowest BCUT2D eigenvalue weighted by Crippen LogP contribution is -2.58. The lowest BCUT2D eigenvalue weighted by Gasteiger charge is -2.44. The predicted octanol–water partition coefficient (Wildman–Crippen LogP) is 2.34. The number of nitrogens with one attached hydrogen (secondary N) is 3. The molecule has 3 heterocycles. The highest BCUT2D eigenvalue weighted by Gasteiger charge is 2.42. The van der Waals surface area contributed by atoms with Crippen LogP contribution in [0.25, 0.3) is 0 Å². The number of aromatic amines is 1. The second kappa shape index (κ2) is 10.8. The number of H-pyrrole nitrogens is 1. The number of nitrogens with zero attached hydrogens (tertiary/aromatic N) is 2. The van der Waals surface area contributed by atoms with Crippen LogP contribution in [0.15, 0.2) is 30.6 Å². The van der Waals surface area contributed by atoms with Crippen molar-refractivity contribution in [3.63, 3.8) is 0 Å². The van der Waals surface area contributed by atoms with Crippen LogP contribution in [0.1, 0.15) is 30.7 Å². The van der Waals surface area contributed by atoms with Gasteiger partial charge >= 0.3 is 0 Å². The Hall–Kier alpha value is -2.23. The third-order valence-electron chi connectivity index (χ3n) is 6.37. The number of rotatable bonds is 8. The van der Waals surface area contributed by atoms with Gasteiger partial charge in [-0.05, 0) is 55.5 Å². The van der Waals surface area contributed by atoms with Gasteiger partial charge in [-0.3, -0.25) is 9.59 Å². The molecule has 0 bridgehead atoms. The number of aromatic nitrogens is 2. The third-order valence-corrected chi connectivity index (χ3v) is 7.26. The van der Waals surface area contributed by atoms with Gasteiger partial charge < -0.3 is 25.3 Å². The maximum absolute atomic E-state index is 13.3. The lowest BCUT2D eigenvalue weighted by molar-refractivity contribution is -0.138. The van der Waals surface area contributed by atoms with E-state index in [1.165, 1.54) is 5.69 Å². The molecule has 1 spiro atoms. The number of ether oxygens (including phenoxy) is 1. The number of hydrogen-bond donors (Lipinski definition) is 3. The summed E-state index contributed by atoms with van der Waals surface area (Å²) in [5.74, 6) is 0.996. The van der Waals surface area contributed by atoms with Gasteiger partial charge in [0.05, 0.1) is 17.6 Å². The van der Waals surface area contributed by atoms with E-state index in [9.17, 15) is 9.59 Å². The van der Waals surface area contributed by atoms with Crippen LogP contribution in [0, 0.1) is 0 Å². The van der Waals surface area contributed by atoms with Gasteiger partial charge in [-0.1, -0.05) is 11.6 Å².